The first-order valence-electron chi connectivity index (χ1n) is 6.34. The van der Waals surface area contributed by atoms with E-state index in [-0.39, 0.29) is 5.56 Å². The highest BCUT2D eigenvalue weighted by molar-refractivity contribution is 5.90. The maximum Gasteiger partial charge on any atom is 0.336 e. The third-order valence-electron chi connectivity index (χ3n) is 3.50. The van der Waals surface area contributed by atoms with E-state index >= 15 is 0 Å². The molecule has 1 aliphatic heterocycles. The lowest BCUT2D eigenvalue weighted by atomic mass is 10.0. The molecule has 2 aromatic rings. The van der Waals surface area contributed by atoms with Crippen LogP contribution < -0.4 is 0 Å². The van der Waals surface area contributed by atoms with Crippen molar-refractivity contribution in [3.63, 3.8) is 0 Å². The maximum atomic E-state index is 11.2. The molecule has 5 nitrogen and oxygen atoms in total. The minimum absolute atomic E-state index is 0.165. The Morgan fingerprint density at radius 2 is 2.15 bits per heavy atom. The fraction of sp³-hybridized carbons (Fsp3) is 0.200. The van der Waals surface area contributed by atoms with Crippen molar-refractivity contribution < 1.29 is 15.0 Å². The van der Waals surface area contributed by atoms with Gasteiger partial charge in [-0.15, -0.1) is 0 Å². The van der Waals surface area contributed by atoms with Crippen LogP contribution in [0.4, 0.5) is 0 Å². The summed E-state index contributed by atoms with van der Waals surface area (Å²) in [7, 11) is 0. The summed E-state index contributed by atoms with van der Waals surface area (Å²) in [5.74, 6) is -1.01. The maximum absolute atomic E-state index is 11.2. The zero-order valence-electron chi connectivity index (χ0n) is 10.7. The predicted octanol–water partition coefficient (Wildman–Crippen LogP) is 1.79. The Hall–Kier alpha value is -2.24. The molecule has 2 N–H and O–H groups in total. The van der Waals surface area contributed by atoms with Gasteiger partial charge in [-0.1, -0.05) is 18.2 Å². The summed E-state index contributed by atoms with van der Waals surface area (Å²) in [4.78, 5) is 17.3. The molecular weight excluding hydrogens is 256 g/mol. The van der Waals surface area contributed by atoms with E-state index < -0.39 is 12.2 Å². The van der Waals surface area contributed by atoms with Gasteiger partial charge in [-0.05, 0) is 23.8 Å². The number of carboxylic acids is 1. The van der Waals surface area contributed by atoms with E-state index in [1.807, 2.05) is 24.3 Å². The van der Waals surface area contributed by atoms with E-state index in [0.29, 0.717) is 18.7 Å². The summed E-state index contributed by atoms with van der Waals surface area (Å²) in [5, 5.41) is 19.6. The van der Waals surface area contributed by atoms with Crippen LogP contribution in [-0.4, -0.2) is 26.1 Å². The second kappa shape index (κ2) is 5.03. The van der Waals surface area contributed by atoms with Crippen LogP contribution in [0, 0.1) is 0 Å². The Kier molecular flexibility index (Phi) is 3.22. The number of aromatic carboxylic acids is 1. The Morgan fingerprint density at radius 1 is 1.30 bits per heavy atom. The van der Waals surface area contributed by atoms with Gasteiger partial charge in [0, 0.05) is 24.8 Å². The Labute approximate surface area is 116 Å². The van der Waals surface area contributed by atoms with E-state index in [2.05, 4.69) is 4.98 Å². The molecule has 5 heteroatoms. The van der Waals surface area contributed by atoms with E-state index in [0.717, 1.165) is 11.3 Å². The molecule has 20 heavy (non-hydrogen) atoms. The first-order valence-corrected chi connectivity index (χ1v) is 6.34. The molecular formula is C15H14N2O3. The smallest absolute Gasteiger partial charge is 0.336 e. The lowest BCUT2D eigenvalue weighted by Gasteiger charge is -2.20. The van der Waals surface area contributed by atoms with E-state index in [1.54, 1.807) is 17.2 Å². The van der Waals surface area contributed by atoms with Crippen molar-refractivity contribution in [3.8, 4) is 0 Å². The van der Waals surface area contributed by atoms with Crippen LogP contribution in [0.15, 0.2) is 42.6 Å². The number of nitrogens with zero attached hydrogens (tertiary/aromatic N) is 2. The molecule has 1 unspecified atom stereocenters. The molecule has 1 aromatic heterocycles. The molecule has 102 valence electrons. The van der Waals surface area contributed by atoms with E-state index in [9.17, 15) is 15.0 Å². The molecule has 2 heterocycles. The van der Waals surface area contributed by atoms with Crippen LogP contribution in [0.3, 0.4) is 0 Å². The zero-order valence-corrected chi connectivity index (χ0v) is 10.7. The van der Waals surface area contributed by atoms with Crippen molar-refractivity contribution >= 4 is 5.97 Å². The van der Waals surface area contributed by atoms with Gasteiger partial charge in [-0.2, -0.15) is 0 Å². The van der Waals surface area contributed by atoms with Gasteiger partial charge in [-0.3, -0.25) is 9.88 Å². The molecule has 1 aromatic carbocycles. The standard InChI is InChI=1S/C15H14N2O3/c18-14-13-10(4-3-6-12(13)15(19)20)8-17(14)9-11-5-1-2-7-16-11/h1-7,14,18H,8-9H2,(H,19,20). The van der Waals surface area contributed by atoms with Gasteiger partial charge in [0.1, 0.15) is 6.23 Å². The number of hydrogen-bond donors (Lipinski definition) is 2. The molecule has 0 spiro atoms. The zero-order chi connectivity index (χ0) is 14.1. The van der Waals surface area contributed by atoms with Crippen LogP contribution in [0.5, 0.6) is 0 Å². The van der Waals surface area contributed by atoms with Gasteiger partial charge in [0.2, 0.25) is 0 Å². The summed E-state index contributed by atoms with van der Waals surface area (Å²) < 4.78 is 0. The van der Waals surface area contributed by atoms with Crippen LogP contribution in [0.25, 0.3) is 0 Å². The van der Waals surface area contributed by atoms with Gasteiger partial charge in [0.05, 0.1) is 11.3 Å². The minimum atomic E-state index is -1.01. The van der Waals surface area contributed by atoms with Gasteiger partial charge < -0.3 is 10.2 Å². The minimum Gasteiger partial charge on any atom is -0.478 e. The molecule has 3 rings (SSSR count). The summed E-state index contributed by atoms with van der Waals surface area (Å²) in [6.07, 6.45) is 0.799. The number of hydrogen-bond acceptors (Lipinski definition) is 4. The lowest BCUT2D eigenvalue weighted by Crippen LogP contribution is -2.22. The molecule has 0 saturated carbocycles. The van der Waals surface area contributed by atoms with Gasteiger partial charge in [0.15, 0.2) is 0 Å². The number of aromatic nitrogens is 1. The normalized spacial score (nSPS) is 17.9. The largest absolute Gasteiger partial charge is 0.478 e. The van der Waals surface area contributed by atoms with Crippen LogP contribution in [0.2, 0.25) is 0 Å². The SMILES string of the molecule is O=C(O)c1cccc2c1C(O)N(Cc1ccccn1)C2. The highest BCUT2D eigenvalue weighted by Crippen LogP contribution is 2.35. The van der Waals surface area contributed by atoms with Crippen molar-refractivity contribution in [1.82, 2.24) is 9.88 Å². The topological polar surface area (TPSA) is 73.7 Å². The molecule has 0 bridgehead atoms. The molecule has 1 atom stereocenters. The summed E-state index contributed by atoms with van der Waals surface area (Å²) in [6, 6.07) is 10.7. The Balaban J connectivity index is 1.89. The van der Waals surface area contributed by atoms with E-state index in [1.165, 1.54) is 6.07 Å². The second-order valence-electron chi connectivity index (χ2n) is 4.78. The van der Waals surface area contributed by atoms with Crippen molar-refractivity contribution in [3.05, 3.63) is 65.0 Å². The molecule has 0 amide bonds. The quantitative estimate of drug-likeness (QED) is 0.889. The molecule has 0 aliphatic carbocycles. The first-order chi connectivity index (χ1) is 9.66. The number of rotatable bonds is 3. The van der Waals surface area contributed by atoms with Crippen molar-refractivity contribution in [2.45, 2.75) is 19.3 Å². The fourth-order valence-electron chi connectivity index (χ4n) is 2.57. The monoisotopic (exact) mass is 270 g/mol. The summed E-state index contributed by atoms with van der Waals surface area (Å²) >= 11 is 0. The number of benzene rings is 1. The highest BCUT2D eigenvalue weighted by atomic mass is 16.4. The molecule has 0 fully saturated rings. The van der Waals surface area contributed by atoms with Crippen molar-refractivity contribution in [1.29, 1.82) is 0 Å². The molecule has 0 radical (unpaired) electrons. The number of pyridine rings is 1. The van der Waals surface area contributed by atoms with Crippen LogP contribution >= 0.6 is 0 Å². The predicted molar refractivity (Wildman–Crippen MR) is 71.8 cm³/mol. The third-order valence-corrected chi connectivity index (χ3v) is 3.50. The number of aliphatic hydroxyl groups is 1. The van der Waals surface area contributed by atoms with Crippen LogP contribution in [0.1, 0.15) is 33.4 Å². The summed E-state index contributed by atoms with van der Waals surface area (Å²) in [5.41, 5.74) is 2.36. The summed E-state index contributed by atoms with van der Waals surface area (Å²) in [6.45, 7) is 1.00. The second-order valence-corrected chi connectivity index (χ2v) is 4.78. The molecule has 0 saturated heterocycles. The third kappa shape index (κ3) is 2.17. The van der Waals surface area contributed by atoms with Crippen LogP contribution in [-0.2, 0) is 13.1 Å². The number of fused-ring (bicyclic) bond motifs is 1. The number of carboxylic acid groups (broad SMARTS) is 1. The van der Waals surface area contributed by atoms with E-state index in [4.69, 9.17) is 0 Å². The first kappa shape index (κ1) is 12.8. The molecule has 1 aliphatic rings. The van der Waals surface area contributed by atoms with Gasteiger partial charge in [0.25, 0.3) is 0 Å². The fourth-order valence-corrected chi connectivity index (χ4v) is 2.57. The van der Waals surface area contributed by atoms with Gasteiger partial charge >= 0.3 is 5.97 Å². The number of aliphatic hydroxyl groups excluding tert-OH is 1. The number of carbonyl (C=O) groups is 1. The Morgan fingerprint density at radius 3 is 2.85 bits per heavy atom. The lowest BCUT2D eigenvalue weighted by molar-refractivity contribution is 0.00598. The average Bonchev–Trinajstić information content (AvgIpc) is 2.77. The Bertz CT molecular complexity index is 643. The van der Waals surface area contributed by atoms with Crippen molar-refractivity contribution in [2.24, 2.45) is 0 Å². The van der Waals surface area contributed by atoms with Crippen molar-refractivity contribution in [2.75, 3.05) is 0 Å². The van der Waals surface area contributed by atoms with Gasteiger partial charge in [-0.25, -0.2) is 4.79 Å². The highest BCUT2D eigenvalue weighted by Gasteiger charge is 2.32. The average molecular weight is 270 g/mol.